The molecule has 1 aromatic carbocycles. The molecular formula is C22H21Cl2N3O6. The molecule has 0 spiro atoms. The monoisotopic (exact) mass is 493 g/mol. The Hall–Kier alpha value is -3.30. The fraction of sp³-hybridized carbons (Fsp3) is 0.273. The lowest BCUT2D eigenvalue weighted by Crippen LogP contribution is -2.30. The molecule has 1 atom stereocenters. The molecule has 3 aromatic rings. The lowest BCUT2D eigenvalue weighted by molar-refractivity contribution is -0.123. The minimum absolute atomic E-state index is 0.107. The number of carbonyl (C=O) groups is 2. The maximum atomic E-state index is 12.6. The molecule has 9 nitrogen and oxygen atoms in total. The van der Waals surface area contributed by atoms with Crippen molar-refractivity contribution in [3.8, 4) is 11.5 Å². The van der Waals surface area contributed by atoms with Crippen molar-refractivity contribution in [2.45, 2.75) is 33.5 Å². The first-order valence-corrected chi connectivity index (χ1v) is 10.5. The number of nitrogens with one attached hydrogen (secondary N) is 1. The van der Waals surface area contributed by atoms with E-state index < -0.39 is 18.0 Å². The predicted molar refractivity (Wildman–Crippen MR) is 121 cm³/mol. The summed E-state index contributed by atoms with van der Waals surface area (Å²) in [5.41, 5.74) is 1.74. The van der Waals surface area contributed by atoms with Crippen molar-refractivity contribution in [1.29, 1.82) is 0 Å². The van der Waals surface area contributed by atoms with Crippen LogP contribution < -0.4 is 14.8 Å². The summed E-state index contributed by atoms with van der Waals surface area (Å²) < 4.78 is 21.5. The van der Waals surface area contributed by atoms with Crippen LogP contribution in [0.25, 0.3) is 0 Å². The van der Waals surface area contributed by atoms with E-state index in [1.165, 1.54) is 38.4 Å². The Morgan fingerprint density at radius 2 is 1.94 bits per heavy atom. The van der Waals surface area contributed by atoms with E-state index in [0.717, 1.165) is 11.3 Å². The highest BCUT2D eigenvalue weighted by Gasteiger charge is 2.22. The number of benzene rings is 1. The number of nitrogens with zero attached hydrogens (tertiary/aromatic N) is 2. The summed E-state index contributed by atoms with van der Waals surface area (Å²) in [6.45, 7) is 5.26. The van der Waals surface area contributed by atoms with Gasteiger partial charge in [0.1, 0.15) is 12.4 Å². The number of carbonyl (C=O) groups excluding carboxylic acids is 2. The van der Waals surface area contributed by atoms with Gasteiger partial charge >= 0.3 is 5.97 Å². The summed E-state index contributed by atoms with van der Waals surface area (Å²) in [7, 11) is 1.45. The van der Waals surface area contributed by atoms with E-state index in [-0.39, 0.29) is 23.0 Å². The molecule has 2 heterocycles. The number of amides is 1. The zero-order chi connectivity index (χ0) is 24.1. The van der Waals surface area contributed by atoms with Crippen LogP contribution in [0.1, 0.15) is 34.3 Å². The van der Waals surface area contributed by atoms with Gasteiger partial charge in [0.2, 0.25) is 0 Å². The van der Waals surface area contributed by atoms with Crippen molar-refractivity contribution >= 4 is 40.9 Å². The summed E-state index contributed by atoms with van der Waals surface area (Å²) in [6, 6.07) is 5.99. The fourth-order valence-corrected chi connectivity index (χ4v) is 3.21. The number of aryl methyl sites for hydroxylation is 2. The van der Waals surface area contributed by atoms with E-state index in [4.69, 9.17) is 41.9 Å². The number of methoxy groups -OCH3 is 1. The second-order valence-electron chi connectivity index (χ2n) is 6.98. The van der Waals surface area contributed by atoms with Crippen LogP contribution in [0.5, 0.6) is 11.5 Å². The molecule has 0 saturated heterocycles. The topological polar surface area (TPSA) is 113 Å². The van der Waals surface area contributed by atoms with E-state index in [0.29, 0.717) is 22.3 Å². The first-order valence-electron chi connectivity index (χ1n) is 9.75. The SMILES string of the molecule is COc1cc(C(=O)OC(C)C(=O)Nc2ncc(Cl)cc2Cl)ccc1OCc1c(C)noc1C. The Morgan fingerprint density at radius 3 is 2.58 bits per heavy atom. The molecule has 33 heavy (non-hydrogen) atoms. The second kappa shape index (κ2) is 10.5. The van der Waals surface area contributed by atoms with Gasteiger partial charge in [0, 0.05) is 6.20 Å². The maximum absolute atomic E-state index is 12.6. The summed E-state index contributed by atoms with van der Waals surface area (Å²) in [5, 5.41) is 6.86. The Morgan fingerprint density at radius 1 is 1.18 bits per heavy atom. The molecule has 0 aliphatic carbocycles. The third-order valence-electron chi connectivity index (χ3n) is 4.66. The molecule has 1 N–H and O–H groups in total. The molecule has 3 rings (SSSR count). The third kappa shape index (κ3) is 5.94. The quantitative estimate of drug-likeness (QED) is 0.446. The van der Waals surface area contributed by atoms with Crippen LogP contribution in [-0.2, 0) is 16.1 Å². The minimum Gasteiger partial charge on any atom is -0.493 e. The molecule has 174 valence electrons. The van der Waals surface area contributed by atoms with Crippen LogP contribution in [0.3, 0.4) is 0 Å². The molecule has 2 aromatic heterocycles. The van der Waals surface area contributed by atoms with Gasteiger partial charge in [-0.1, -0.05) is 28.4 Å². The summed E-state index contributed by atoms with van der Waals surface area (Å²) in [4.78, 5) is 28.9. The number of ether oxygens (including phenoxy) is 3. The second-order valence-corrected chi connectivity index (χ2v) is 7.82. The number of aromatic nitrogens is 2. The van der Waals surface area contributed by atoms with Gasteiger partial charge in [0.25, 0.3) is 5.91 Å². The molecule has 0 fully saturated rings. The highest BCUT2D eigenvalue weighted by molar-refractivity contribution is 6.36. The standard InChI is InChI=1S/C22H21Cl2N3O6/c1-11-16(12(2)33-27-11)10-31-18-6-5-14(7-19(18)30-4)22(29)32-13(3)21(28)26-20-17(24)8-15(23)9-25-20/h5-9,13H,10H2,1-4H3,(H,25,26,28). The van der Waals surface area contributed by atoms with Gasteiger partial charge in [-0.3, -0.25) is 4.79 Å². The number of rotatable bonds is 8. The lowest BCUT2D eigenvalue weighted by Gasteiger charge is -2.15. The van der Waals surface area contributed by atoms with Crippen LogP contribution in [-0.4, -0.2) is 35.2 Å². The van der Waals surface area contributed by atoms with E-state index in [1.807, 2.05) is 6.92 Å². The number of anilines is 1. The largest absolute Gasteiger partial charge is 0.493 e. The van der Waals surface area contributed by atoms with Crippen molar-refractivity contribution in [3.05, 3.63) is 63.1 Å². The van der Waals surface area contributed by atoms with Gasteiger partial charge in [-0.2, -0.15) is 0 Å². The van der Waals surface area contributed by atoms with Gasteiger partial charge in [-0.25, -0.2) is 9.78 Å². The lowest BCUT2D eigenvalue weighted by atomic mass is 10.2. The van der Waals surface area contributed by atoms with Gasteiger partial charge in [-0.15, -0.1) is 0 Å². The van der Waals surface area contributed by atoms with Crippen molar-refractivity contribution in [3.63, 3.8) is 0 Å². The number of pyridine rings is 1. The minimum atomic E-state index is -1.12. The Labute approximate surface area is 199 Å². The zero-order valence-corrected chi connectivity index (χ0v) is 19.8. The first kappa shape index (κ1) is 24.3. The predicted octanol–water partition coefficient (Wildman–Crippen LogP) is 4.76. The number of esters is 1. The van der Waals surface area contributed by atoms with E-state index in [1.54, 1.807) is 13.0 Å². The van der Waals surface area contributed by atoms with Gasteiger partial charge in [0.15, 0.2) is 23.4 Å². The Kier molecular flexibility index (Phi) is 7.78. The molecule has 1 amide bonds. The van der Waals surface area contributed by atoms with E-state index in [2.05, 4.69) is 15.5 Å². The van der Waals surface area contributed by atoms with Gasteiger partial charge in [0.05, 0.1) is 34.0 Å². The Balaban J connectivity index is 1.64. The molecule has 0 aliphatic heterocycles. The molecule has 1 unspecified atom stereocenters. The molecule has 0 bridgehead atoms. The molecule has 0 aliphatic rings. The zero-order valence-electron chi connectivity index (χ0n) is 18.3. The van der Waals surface area contributed by atoms with Gasteiger partial charge < -0.3 is 24.1 Å². The van der Waals surface area contributed by atoms with Crippen molar-refractivity contribution < 1.29 is 28.3 Å². The van der Waals surface area contributed by atoms with Crippen LogP contribution >= 0.6 is 23.2 Å². The van der Waals surface area contributed by atoms with Crippen LogP contribution in [0.4, 0.5) is 5.82 Å². The van der Waals surface area contributed by atoms with Gasteiger partial charge in [-0.05, 0) is 45.0 Å². The summed E-state index contributed by atoms with van der Waals surface area (Å²) in [6.07, 6.45) is 0.217. The van der Waals surface area contributed by atoms with E-state index in [9.17, 15) is 9.59 Å². The van der Waals surface area contributed by atoms with Crippen LogP contribution in [0.15, 0.2) is 35.0 Å². The van der Waals surface area contributed by atoms with Crippen LogP contribution in [0.2, 0.25) is 10.0 Å². The molecule has 11 heteroatoms. The van der Waals surface area contributed by atoms with Crippen molar-refractivity contribution in [2.75, 3.05) is 12.4 Å². The van der Waals surface area contributed by atoms with Crippen molar-refractivity contribution in [1.82, 2.24) is 10.1 Å². The molecule has 0 radical (unpaired) electrons. The molecular weight excluding hydrogens is 473 g/mol. The number of hydrogen-bond acceptors (Lipinski definition) is 8. The Bertz CT molecular complexity index is 1160. The normalized spacial score (nSPS) is 11.6. The highest BCUT2D eigenvalue weighted by Crippen LogP contribution is 2.30. The number of hydrogen-bond donors (Lipinski definition) is 1. The van der Waals surface area contributed by atoms with Crippen LogP contribution in [0, 0.1) is 13.8 Å². The van der Waals surface area contributed by atoms with E-state index >= 15 is 0 Å². The summed E-state index contributed by atoms with van der Waals surface area (Å²) in [5.74, 6) is 0.188. The number of halogens is 2. The fourth-order valence-electron chi connectivity index (χ4n) is 2.78. The summed E-state index contributed by atoms with van der Waals surface area (Å²) >= 11 is 11.8. The molecule has 0 saturated carbocycles. The smallest absolute Gasteiger partial charge is 0.339 e. The third-order valence-corrected chi connectivity index (χ3v) is 5.15. The average Bonchev–Trinajstić information content (AvgIpc) is 3.11. The highest BCUT2D eigenvalue weighted by atomic mass is 35.5. The average molecular weight is 494 g/mol. The first-order chi connectivity index (χ1) is 15.7. The maximum Gasteiger partial charge on any atom is 0.339 e. The van der Waals surface area contributed by atoms with Crippen molar-refractivity contribution in [2.24, 2.45) is 0 Å².